The van der Waals surface area contributed by atoms with Crippen LogP contribution in [-0.4, -0.2) is 15.0 Å². The Morgan fingerprint density at radius 1 is 0.411 bits per heavy atom. The van der Waals surface area contributed by atoms with E-state index in [1.807, 2.05) is 0 Å². The molecule has 1 aliphatic rings. The van der Waals surface area contributed by atoms with Gasteiger partial charge in [-0.3, -0.25) is 0 Å². The smallest absolute Gasteiger partial charge is 0.134 e. The molecule has 0 saturated heterocycles. The Kier molecular flexibility index (Phi) is 6.66. The van der Waals surface area contributed by atoms with Crippen molar-refractivity contribution in [2.24, 2.45) is 4.99 Å². The Labute approximate surface area is 323 Å². The lowest BCUT2D eigenvalue weighted by molar-refractivity contribution is 0.749. The molecule has 9 aromatic carbocycles. The van der Waals surface area contributed by atoms with Gasteiger partial charge in [0.05, 0.1) is 33.8 Å². The molecule has 1 atom stereocenters. The summed E-state index contributed by atoms with van der Waals surface area (Å²) in [5.41, 5.74) is 11.6. The number of amidine groups is 1. The molecule has 262 valence electrons. The van der Waals surface area contributed by atoms with Gasteiger partial charge in [0.25, 0.3) is 0 Å². The van der Waals surface area contributed by atoms with E-state index in [2.05, 4.69) is 209 Å². The SMILES string of the molecule is c1ccc(C2NC(c3ccc(-n4c5ccccc5c5ccc6c(ccc7ccc8c(c9ccccc9n8-c8ccccc8)c76)c54)cc3)=Nc3ccccc32)cc1. The highest BCUT2D eigenvalue weighted by Gasteiger charge is 2.25. The minimum absolute atomic E-state index is 0.0197. The molecule has 4 heteroatoms. The normalized spacial score (nSPS) is 14.1. The van der Waals surface area contributed by atoms with E-state index in [1.165, 1.54) is 82.0 Å². The van der Waals surface area contributed by atoms with Crippen molar-refractivity contribution in [3.8, 4) is 11.4 Å². The van der Waals surface area contributed by atoms with Crippen LogP contribution in [0.15, 0.2) is 199 Å². The van der Waals surface area contributed by atoms with Gasteiger partial charge >= 0.3 is 0 Å². The summed E-state index contributed by atoms with van der Waals surface area (Å²) in [7, 11) is 0. The van der Waals surface area contributed by atoms with Crippen molar-refractivity contribution in [3.63, 3.8) is 0 Å². The molecule has 0 radical (unpaired) electrons. The molecule has 4 nitrogen and oxygen atoms in total. The summed E-state index contributed by atoms with van der Waals surface area (Å²) in [5.74, 6) is 0.877. The van der Waals surface area contributed by atoms with Crippen molar-refractivity contribution in [2.45, 2.75) is 6.04 Å². The summed E-state index contributed by atoms with van der Waals surface area (Å²) in [6.07, 6.45) is 0. The first kappa shape index (κ1) is 31.0. The average Bonchev–Trinajstić information content (AvgIpc) is 3.80. The number of nitrogens with one attached hydrogen (secondary N) is 1. The van der Waals surface area contributed by atoms with E-state index in [0.29, 0.717) is 0 Å². The number of benzene rings is 9. The predicted molar refractivity (Wildman–Crippen MR) is 234 cm³/mol. The number of rotatable bonds is 4. The van der Waals surface area contributed by atoms with Crippen LogP contribution in [0.4, 0.5) is 5.69 Å². The van der Waals surface area contributed by atoms with E-state index in [0.717, 1.165) is 22.8 Å². The maximum Gasteiger partial charge on any atom is 0.134 e. The van der Waals surface area contributed by atoms with E-state index >= 15 is 0 Å². The maximum absolute atomic E-state index is 5.12. The largest absolute Gasteiger partial charge is 0.359 e. The van der Waals surface area contributed by atoms with E-state index < -0.39 is 0 Å². The lowest BCUT2D eigenvalue weighted by atomic mass is 9.95. The number of fused-ring (bicyclic) bond motifs is 12. The highest BCUT2D eigenvalue weighted by molar-refractivity contribution is 6.31. The third-order valence-corrected chi connectivity index (χ3v) is 11.8. The molecular formula is C52H34N4. The van der Waals surface area contributed by atoms with Gasteiger partial charge in [-0.2, -0.15) is 0 Å². The Morgan fingerprint density at radius 3 is 1.84 bits per heavy atom. The fourth-order valence-electron chi connectivity index (χ4n) is 9.30. The molecular weight excluding hydrogens is 681 g/mol. The van der Waals surface area contributed by atoms with Crippen LogP contribution in [0, 0.1) is 0 Å². The summed E-state index contributed by atoms with van der Waals surface area (Å²) in [5, 5.41) is 13.8. The molecule has 11 aromatic rings. The predicted octanol–water partition coefficient (Wildman–Crippen LogP) is 13.0. The first-order valence-corrected chi connectivity index (χ1v) is 19.3. The van der Waals surface area contributed by atoms with Crippen LogP contribution >= 0.6 is 0 Å². The lowest BCUT2D eigenvalue weighted by Crippen LogP contribution is -2.32. The molecule has 0 amide bonds. The summed E-state index contributed by atoms with van der Waals surface area (Å²) in [4.78, 5) is 5.12. The Hall–Kier alpha value is -7.43. The second-order valence-corrected chi connectivity index (χ2v) is 14.8. The first-order valence-electron chi connectivity index (χ1n) is 19.3. The van der Waals surface area contributed by atoms with Crippen LogP contribution in [0.1, 0.15) is 22.7 Å². The van der Waals surface area contributed by atoms with Crippen LogP contribution in [0.5, 0.6) is 0 Å². The Bertz CT molecular complexity index is 3370. The monoisotopic (exact) mass is 714 g/mol. The molecule has 3 heterocycles. The summed E-state index contributed by atoms with van der Waals surface area (Å²) >= 11 is 0. The van der Waals surface area contributed by atoms with Crippen molar-refractivity contribution in [1.82, 2.24) is 14.5 Å². The lowest BCUT2D eigenvalue weighted by Gasteiger charge is -2.27. The summed E-state index contributed by atoms with van der Waals surface area (Å²) in [6, 6.07) is 70.2. The Balaban J connectivity index is 1.07. The number of hydrogen-bond donors (Lipinski definition) is 1. The standard InChI is InChI=1S/C52H34N4/c1-3-13-34(14-4-1)50-42-18-7-10-20-44(42)53-52(54-50)35-23-27-37(28-24-35)56-45-21-11-8-17-38(45)40-31-30-39-41(51(40)56)29-25-33-26-32-47-49(48(33)39)43-19-9-12-22-46(43)55(47)36-15-5-2-6-16-36/h1-32,50H,(H,53,54). The molecule has 1 N–H and O–H groups in total. The zero-order valence-electron chi connectivity index (χ0n) is 30.4. The highest BCUT2D eigenvalue weighted by Crippen LogP contribution is 2.43. The van der Waals surface area contributed by atoms with Gasteiger partial charge in [0.1, 0.15) is 5.84 Å². The maximum atomic E-state index is 5.12. The van der Waals surface area contributed by atoms with Crippen molar-refractivity contribution in [2.75, 3.05) is 0 Å². The fraction of sp³-hybridized carbons (Fsp3) is 0.0192. The van der Waals surface area contributed by atoms with Crippen LogP contribution < -0.4 is 5.32 Å². The molecule has 56 heavy (non-hydrogen) atoms. The highest BCUT2D eigenvalue weighted by atomic mass is 15.1. The molecule has 0 spiro atoms. The summed E-state index contributed by atoms with van der Waals surface area (Å²) < 4.78 is 4.86. The van der Waals surface area contributed by atoms with Gasteiger partial charge in [-0.25, -0.2) is 4.99 Å². The zero-order chi connectivity index (χ0) is 36.7. The zero-order valence-corrected chi connectivity index (χ0v) is 30.4. The summed E-state index contributed by atoms with van der Waals surface area (Å²) in [6.45, 7) is 0. The van der Waals surface area contributed by atoms with Gasteiger partial charge in [0.15, 0.2) is 0 Å². The van der Waals surface area contributed by atoms with Gasteiger partial charge in [0, 0.05) is 49.4 Å². The van der Waals surface area contributed by atoms with Gasteiger partial charge in [-0.15, -0.1) is 0 Å². The fourth-order valence-corrected chi connectivity index (χ4v) is 9.30. The van der Waals surface area contributed by atoms with E-state index in [4.69, 9.17) is 4.99 Å². The van der Waals surface area contributed by atoms with Crippen molar-refractivity contribution in [1.29, 1.82) is 0 Å². The van der Waals surface area contributed by atoms with Gasteiger partial charge in [0.2, 0.25) is 0 Å². The number of aliphatic imine (C=N–C) groups is 1. The van der Waals surface area contributed by atoms with E-state index in [-0.39, 0.29) is 6.04 Å². The molecule has 1 unspecified atom stereocenters. The van der Waals surface area contributed by atoms with Crippen LogP contribution in [0.3, 0.4) is 0 Å². The van der Waals surface area contributed by atoms with Crippen molar-refractivity contribution < 1.29 is 0 Å². The topological polar surface area (TPSA) is 34.2 Å². The molecule has 1 aliphatic heterocycles. The number of hydrogen-bond acceptors (Lipinski definition) is 2. The third kappa shape index (κ3) is 4.50. The molecule has 0 aliphatic carbocycles. The molecule has 0 bridgehead atoms. The molecule has 12 rings (SSSR count). The molecule has 0 fully saturated rings. The van der Waals surface area contributed by atoms with Crippen molar-refractivity contribution >= 4 is 76.7 Å². The van der Waals surface area contributed by atoms with E-state index in [1.54, 1.807) is 0 Å². The molecule has 2 aromatic heterocycles. The average molecular weight is 715 g/mol. The number of para-hydroxylation sites is 4. The van der Waals surface area contributed by atoms with Gasteiger partial charge in [-0.1, -0.05) is 133 Å². The van der Waals surface area contributed by atoms with Gasteiger partial charge in [-0.05, 0) is 82.4 Å². The van der Waals surface area contributed by atoms with Crippen LogP contribution in [0.25, 0.3) is 76.5 Å². The van der Waals surface area contributed by atoms with Crippen LogP contribution in [0.2, 0.25) is 0 Å². The minimum Gasteiger partial charge on any atom is -0.359 e. The quantitative estimate of drug-likeness (QED) is 0.181. The van der Waals surface area contributed by atoms with Gasteiger partial charge < -0.3 is 14.5 Å². The third-order valence-electron chi connectivity index (χ3n) is 11.8. The van der Waals surface area contributed by atoms with Crippen LogP contribution in [-0.2, 0) is 0 Å². The first-order chi connectivity index (χ1) is 27.8. The van der Waals surface area contributed by atoms with E-state index in [9.17, 15) is 0 Å². The second kappa shape index (κ2) is 12.0. The number of nitrogens with zero attached hydrogens (tertiary/aromatic N) is 3. The second-order valence-electron chi connectivity index (χ2n) is 14.8. The Morgan fingerprint density at radius 2 is 1.02 bits per heavy atom. The minimum atomic E-state index is 0.0197. The number of aromatic nitrogens is 2. The molecule has 0 saturated carbocycles. The van der Waals surface area contributed by atoms with Crippen molar-refractivity contribution in [3.05, 3.63) is 211 Å².